The molecular formula is C30H49Cl3N4O8. The Kier molecular flexibility index (Phi) is 13.2. The summed E-state index contributed by atoms with van der Waals surface area (Å²) in [7, 11) is 4.06. The quantitative estimate of drug-likeness (QED) is 0.338. The van der Waals surface area contributed by atoms with Gasteiger partial charge >= 0.3 is 11.9 Å². The number of alkyl halides is 3. The van der Waals surface area contributed by atoms with Crippen LogP contribution in [0.4, 0.5) is 0 Å². The van der Waals surface area contributed by atoms with Crippen LogP contribution in [-0.4, -0.2) is 150 Å². The Morgan fingerprint density at radius 3 is 1.40 bits per heavy atom. The predicted octanol–water partition coefficient (Wildman–Crippen LogP) is 2.38. The molecule has 0 saturated carbocycles. The minimum absolute atomic E-state index is 0. The number of rotatable bonds is 5. The average Bonchev–Trinajstić information content (AvgIpc) is 3.77. The zero-order valence-electron chi connectivity index (χ0n) is 24.5. The van der Waals surface area contributed by atoms with E-state index in [0.29, 0.717) is 26.2 Å². The zero-order chi connectivity index (χ0) is 31.1. The number of amides is 2. The molecule has 6 heterocycles. The van der Waals surface area contributed by atoms with Crippen molar-refractivity contribution in [3.8, 4) is 0 Å². The maximum Gasteiger partial charge on any atom is 0.312 e. The van der Waals surface area contributed by atoms with Crippen LogP contribution < -0.4 is 0 Å². The standard InChI is InChI=1S/C15H21Cl3N2O4.C13H20N2O4.2CH4/c1-19-4-6-20(7-5-19)13(21)11-9-2-3-10(24-9)12(11)14(22)23-8-15(16,17)18;1-14-4-6-15(7-5-14)12(16)10-8-2-3-9(19-8)11(10)13(17)18;;/h9-12H,2-8H2,1H3;8-11H,2-7H2,1H3,(H,17,18);2*1H4. The van der Waals surface area contributed by atoms with Crippen LogP contribution in [-0.2, 0) is 33.4 Å². The molecule has 6 aliphatic heterocycles. The van der Waals surface area contributed by atoms with E-state index in [-0.39, 0.29) is 57.7 Å². The van der Waals surface area contributed by atoms with Crippen LogP contribution in [0.3, 0.4) is 0 Å². The summed E-state index contributed by atoms with van der Waals surface area (Å²) >= 11 is 16.9. The van der Waals surface area contributed by atoms with Crippen molar-refractivity contribution in [3.05, 3.63) is 0 Å². The van der Waals surface area contributed by atoms with Crippen molar-refractivity contribution in [1.29, 1.82) is 0 Å². The number of esters is 1. The topological polar surface area (TPSA) is 129 Å². The second-order valence-corrected chi connectivity index (χ2v) is 15.0. The summed E-state index contributed by atoms with van der Waals surface area (Å²) in [5, 5.41) is 9.34. The molecule has 2 amide bonds. The van der Waals surface area contributed by atoms with Crippen molar-refractivity contribution in [2.45, 2.75) is 68.7 Å². The highest BCUT2D eigenvalue weighted by Crippen LogP contribution is 2.46. The lowest BCUT2D eigenvalue weighted by Gasteiger charge is -2.36. The van der Waals surface area contributed by atoms with Gasteiger partial charge in [0.25, 0.3) is 0 Å². The van der Waals surface area contributed by atoms with Crippen LogP contribution in [0.15, 0.2) is 0 Å². The molecular weight excluding hydrogens is 651 g/mol. The Bertz CT molecular complexity index is 1060. The van der Waals surface area contributed by atoms with Crippen LogP contribution in [0.1, 0.15) is 40.5 Å². The molecule has 8 unspecified atom stereocenters. The zero-order valence-corrected chi connectivity index (χ0v) is 26.8. The highest BCUT2D eigenvalue weighted by molar-refractivity contribution is 6.67. The van der Waals surface area contributed by atoms with E-state index in [1.165, 1.54) is 0 Å². The number of piperazine rings is 2. The first kappa shape index (κ1) is 38.0. The Morgan fingerprint density at radius 2 is 1.02 bits per heavy atom. The highest BCUT2D eigenvalue weighted by atomic mass is 35.6. The van der Waals surface area contributed by atoms with E-state index in [2.05, 4.69) is 9.80 Å². The SMILES string of the molecule is C.C.CN1CCN(C(=O)C2C3CCC(O3)C2C(=O)O)CC1.CN1CCN(C(=O)C2C3CCC(O3)C2C(=O)OCC(Cl)(Cl)Cl)CC1. The van der Waals surface area contributed by atoms with Crippen LogP contribution in [0.25, 0.3) is 0 Å². The van der Waals surface area contributed by atoms with E-state index >= 15 is 0 Å². The molecule has 6 saturated heterocycles. The molecule has 12 nitrogen and oxygen atoms in total. The first-order chi connectivity index (χ1) is 20.3. The number of ether oxygens (including phenoxy) is 3. The summed E-state index contributed by atoms with van der Waals surface area (Å²) in [6, 6.07) is 0. The number of carbonyl (C=O) groups is 4. The summed E-state index contributed by atoms with van der Waals surface area (Å²) in [6.07, 6.45) is 2.20. The summed E-state index contributed by atoms with van der Waals surface area (Å²) in [5.41, 5.74) is 0. The fourth-order valence-corrected chi connectivity index (χ4v) is 7.48. The minimum Gasteiger partial charge on any atom is -0.481 e. The molecule has 0 spiro atoms. The van der Waals surface area contributed by atoms with Gasteiger partial charge in [0.05, 0.1) is 48.1 Å². The third kappa shape index (κ3) is 8.55. The van der Waals surface area contributed by atoms with Crippen molar-refractivity contribution < 1.29 is 38.5 Å². The van der Waals surface area contributed by atoms with Gasteiger partial charge in [-0.05, 0) is 39.8 Å². The first-order valence-electron chi connectivity index (χ1n) is 15.1. The molecule has 15 heteroatoms. The number of carboxylic acid groups (broad SMARTS) is 1. The van der Waals surface area contributed by atoms with Gasteiger partial charge in [-0.2, -0.15) is 0 Å². The molecule has 45 heavy (non-hydrogen) atoms. The third-order valence-corrected chi connectivity index (χ3v) is 10.0. The van der Waals surface area contributed by atoms with Crippen molar-refractivity contribution in [3.63, 3.8) is 0 Å². The van der Waals surface area contributed by atoms with E-state index in [1.54, 1.807) is 0 Å². The highest BCUT2D eigenvalue weighted by Gasteiger charge is 2.58. The Hall–Kier alpha value is -1.41. The van der Waals surface area contributed by atoms with Gasteiger partial charge in [0.15, 0.2) is 0 Å². The maximum atomic E-state index is 13.0. The fraction of sp³-hybridized carbons (Fsp3) is 0.867. The molecule has 0 aliphatic carbocycles. The number of likely N-dealkylation sites (N-methyl/N-ethyl adjacent to an activating group) is 2. The molecule has 0 aromatic rings. The summed E-state index contributed by atoms with van der Waals surface area (Å²) in [5.74, 6) is -3.66. The van der Waals surface area contributed by atoms with Gasteiger partial charge in [0.2, 0.25) is 15.6 Å². The largest absolute Gasteiger partial charge is 0.481 e. The Labute approximate surface area is 281 Å². The lowest BCUT2D eigenvalue weighted by atomic mass is 9.78. The van der Waals surface area contributed by atoms with E-state index in [0.717, 1.165) is 51.9 Å². The molecule has 8 atom stereocenters. The van der Waals surface area contributed by atoms with Crippen molar-refractivity contribution in [2.75, 3.05) is 73.1 Å². The second-order valence-electron chi connectivity index (χ2n) is 12.5. The molecule has 0 radical (unpaired) electrons. The van der Waals surface area contributed by atoms with Crippen molar-refractivity contribution >= 4 is 58.6 Å². The molecule has 6 aliphatic rings. The van der Waals surface area contributed by atoms with Crippen LogP contribution >= 0.6 is 34.8 Å². The Balaban J connectivity index is 0.000000240. The van der Waals surface area contributed by atoms with E-state index in [9.17, 15) is 24.3 Å². The van der Waals surface area contributed by atoms with Gasteiger partial charge in [0.1, 0.15) is 6.61 Å². The maximum absolute atomic E-state index is 13.0. The molecule has 6 rings (SSSR count). The minimum atomic E-state index is -1.66. The van der Waals surface area contributed by atoms with Gasteiger partial charge in [-0.3, -0.25) is 19.2 Å². The second kappa shape index (κ2) is 15.7. The first-order valence-corrected chi connectivity index (χ1v) is 16.2. The van der Waals surface area contributed by atoms with Gasteiger partial charge in [0, 0.05) is 52.4 Å². The molecule has 0 aromatic heterocycles. The number of carbonyl (C=O) groups excluding carboxylic acids is 3. The summed E-state index contributed by atoms with van der Waals surface area (Å²) < 4.78 is 15.0. The lowest BCUT2D eigenvalue weighted by Crippen LogP contribution is -2.52. The van der Waals surface area contributed by atoms with Crippen molar-refractivity contribution in [1.82, 2.24) is 19.6 Å². The monoisotopic (exact) mass is 698 g/mol. The van der Waals surface area contributed by atoms with Crippen molar-refractivity contribution in [2.24, 2.45) is 23.7 Å². The number of hydrogen-bond donors (Lipinski definition) is 1. The van der Waals surface area contributed by atoms with Crippen LogP contribution in [0.5, 0.6) is 0 Å². The summed E-state index contributed by atoms with van der Waals surface area (Å²) in [6.45, 7) is 5.74. The number of hydrogen-bond acceptors (Lipinski definition) is 9. The third-order valence-electron chi connectivity index (χ3n) is 9.68. The number of halogens is 3. The number of carboxylic acids is 1. The van der Waals surface area contributed by atoms with Gasteiger partial charge < -0.3 is 38.9 Å². The normalized spacial score (nSPS) is 34.3. The van der Waals surface area contributed by atoms with Crippen LogP contribution in [0, 0.1) is 23.7 Å². The van der Waals surface area contributed by atoms with Gasteiger partial charge in [-0.1, -0.05) is 49.7 Å². The van der Waals surface area contributed by atoms with E-state index in [1.807, 2.05) is 23.9 Å². The Morgan fingerprint density at radius 1 is 0.667 bits per heavy atom. The van der Waals surface area contributed by atoms with Gasteiger partial charge in [-0.25, -0.2) is 0 Å². The van der Waals surface area contributed by atoms with E-state index in [4.69, 9.17) is 49.0 Å². The van der Waals surface area contributed by atoms with E-state index < -0.39 is 39.4 Å². The average molecular weight is 700 g/mol. The molecule has 0 aromatic carbocycles. The van der Waals surface area contributed by atoms with Gasteiger partial charge in [-0.15, -0.1) is 0 Å². The lowest BCUT2D eigenvalue weighted by molar-refractivity contribution is -0.156. The summed E-state index contributed by atoms with van der Waals surface area (Å²) in [4.78, 5) is 57.4. The fourth-order valence-electron chi connectivity index (χ4n) is 7.32. The number of fused-ring (bicyclic) bond motifs is 4. The molecule has 1 N–H and O–H groups in total. The predicted molar refractivity (Wildman–Crippen MR) is 170 cm³/mol. The molecule has 6 fully saturated rings. The number of nitrogens with zero attached hydrogens (tertiary/aromatic N) is 4. The molecule has 4 bridgehead atoms. The molecule has 258 valence electrons. The van der Waals surface area contributed by atoms with Crippen LogP contribution in [0.2, 0.25) is 0 Å². The number of aliphatic carboxylic acids is 1. The smallest absolute Gasteiger partial charge is 0.312 e.